The van der Waals surface area contributed by atoms with Crippen LogP contribution in [0.3, 0.4) is 0 Å². The molecular formula is C14H26N2O2. The fraction of sp³-hybridized carbons (Fsp3) is 0.929. The smallest absolute Gasteiger partial charge is 0.226 e. The number of carbonyl (C=O) groups excluding carboxylic acids is 1. The molecule has 0 spiro atoms. The Labute approximate surface area is 110 Å². The average Bonchev–Trinajstić information content (AvgIpc) is 2.39. The molecule has 4 nitrogen and oxygen atoms in total. The number of likely N-dealkylation sites (tertiary alicyclic amines) is 1. The van der Waals surface area contributed by atoms with Crippen LogP contribution in [0.15, 0.2) is 0 Å². The first-order valence-electron chi connectivity index (χ1n) is 7.23. The van der Waals surface area contributed by atoms with E-state index in [9.17, 15) is 4.79 Å². The third-order valence-electron chi connectivity index (χ3n) is 4.28. The number of hydrogen-bond acceptors (Lipinski definition) is 3. The molecule has 2 aliphatic rings. The highest BCUT2D eigenvalue weighted by Gasteiger charge is 2.33. The van der Waals surface area contributed by atoms with Crippen molar-refractivity contribution in [3.05, 3.63) is 0 Å². The fourth-order valence-electron chi connectivity index (χ4n) is 3.20. The van der Waals surface area contributed by atoms with Crippen molar-refractivity contribution in [2.75, 3.05) is 39.9 Å². The summed E-state index contributed by atoms with van der Waals surface area (Å²) in [7, 11) is 1.99. The van der Waals surface area contributed by atoms with Gasteiger partial charge in [-0.1, -0.05) is 6.92 Å². The first-order valence-corrected chi connectivity index (χ1v) is 7.23. The molecule has 2 fully saturated rings. The second-order valence-corrected chi connectivity index (χ2v) is 5.80. The summed E-state index contributed by atoms with van der Waals surface area (Å²) in [6.45, 7) is 6.52. The van der Waals surface area contributed by atoms with E-state index in [1.165, 1.54) is 6.42 Å². The van der Waals surface area contributed by atoms with E-state index >= 15 is 0 Å². The molecule has 104 valence electrons. The molecule has 0 radical (unpaired) electrons. The van der Waals surface area contributed by atoms with Crippen LogP contribution >= 0.6 is 0 Å². The number of nitrogens with zero attached hydrogens (tertiary/aromatic N) is 1. The molecular weight excluding hydrogens is 228 g/mol. The topological polar surface area (TPSA) is 41.6 Å². The summed E-state index contributed by atoms with van der Waals surface area (Å²) in [5.41, 5.74) is 0. The highest BCUT2D eigenvalue weighted by atomic mass is 16.5. The third-order valence-corrected chi connectivity index (χ3v) is 4.28. The predicted octanol–water partition coefficient (Wildman–Crippen LogP) is 1.12. The normalized spacial score (nSPS) is 33.4. The van der Waals surface area contributed by atoms with Crippen molar-refractivity contribution in [3.63, 3.8) is 0 Å². The van der Waals surface area contributed by atoms with Gasteiger partial charge in [-0.2, -0.15) is 0 Å². The molecule has 3 unspecified atom stereocenters. The molecule has 0 aromatic carbocycles. The number of carbonyl (C=O) groups is 1. The summed E-state index contributed by atoms with van der Waals surface area (Å²) in [5.74, 6) is 1.55. The van der Waals surface area contributed by atoms with E-state index in [0.29, 0.717) is 17.7 Å². The van der Waals surface area contributed by atoms with Gasteiger partial charge in [0.25, 0.3) is 0 Å². The summed E-state index contributed by atoms with van der Waals surface area (Å²) in [4.78, 5) is 14.7. The van der Waals surface area contributed by atoms with Crippen LogP contribution in [0.1, 0.15) is 26.2 Å². The van der Waals surface area contributed by atoms with Gasteiger partial charge in [0.05, 0.1) is 0 Å². The maximum Gasteiger partial charge on any atom is 0.226 e. The van der Waals surface area contributed by atoms with E-state index in [0.717, 1.165) is 45.7 Å². The van der Waals surface area contributed by atoms with Gasteiger partial charge < -0.3 is 15.0 Å². The lowest BCUT2D eigenvalue weighted by Crippen LogP contribution is -2.47. The lowest BCUT2D eigenvalue weighted by Gasteiger charge is -2.37. The molecule has 2 saturated heterocycles. The summed E-state index contributed by atoms with van der Waals surface area (Å²) >= 11 is 0. The molecule has 0 aromatic heterocycles. The van der Waals surface area contributed by atoms with E-state index in [2.05, 4.69) is 17.1 Å². The maximum atomic E-state index is 12.6. The zero-order valence-corrected chi connectivity index (χ0v) is 11.7. The minimum atomic E-state index is 0.187. The van der Waals surface area contributed by atoms with Crippen LogP contribution in [0.25, 0.3) is 0 Å². The van der Waals surface area contributed by atoms with Crippen LogP contribution in [0.5, 0.6) is 0 Å². The third kappa shape index (κ3) is 3.23. The van der Waals surface area contributed by atoms with Crippen LogP contribution in [0.2, 0.25) is 0 Å². The Morgan fingerprint density at radius 1 is 1.44 bits per heavy atom. The van der Waals surface area contributed by atoms with Crippen molar-refractivity contribution in [3.8, 4) is 0 Å². The monoisotopic (exact) mass is 254 g/mol. The molecule has 0 saturated carbocycles. The van der Waals surface area contributed by atoms with E-state index in [-0.39, 0.29) is 5.92 Å². The molecule has 0 bridgehead atoms. The van der Waals surface area contributed by atoms with Crippen molar-refractivity contribution in [2.45, 2.75) is 26.2 Å². The predicted molar refractivity (Wildman–Crippen MR) is 71.3 cm³/mol. The molecule has 2 heterocycles. The van der Waals surface area contributed by atoms with Crippen LogP contribution < -0.4 is 5.32 Å². The minimum absolute atomic E-state index is 0.187. The summed E-state index contributed by atoms with van der Waals surface area (Å²) < 4.78 is 5.43. The Balaban J connectivity index is 1.91. The lowest BCUT2D eigenvalue weighted by atomic mass is 9.87. The number of hydrogen-bond donors (Lipinski definition) is 1. The van der Waals surface area contributed by atoms with Gasteiger partial charge in [-0.15, -0.1) is 0 Å². The standard InChI is InChI=1S/C14H26N2O2/c1-11-10-18-7-5-13(11)14(17)16-6-3-4-12(9-16)8-15-2/h11-13,15H,3-10H2,1-2H3. The van der Waals surface area contributed by atoms with Crippen molar-refractivity contribution < 1.29 is 9.53 Å². The molecule has 2 aliphatic heterocycles. The molecule has 1 amide bonds. The SMILES string of the molecule is CNCC1CCCN(C(=O)C2CCOCC2C)C1. The van der Waals surface area contributed by atoms with Gasteiger partial charge in [-0.25, -0.2) is 0 Å². The quantitative estimate of drug-likeness (QED) is 0.820. The van der Waals surface area contributed by atoms with E-state index < -0.39 is 0 Å². The van der Waals surface area contributed by atoms with Gasteiger partial charge in [0, 0.05) is 32.2 Å². The molecule has 4 heteroatoms. The molecule has 0 aromatic rings. The molecule has 1 N–H and O–H groups in total. The average molecular weight is 254 g/mol. The first kappa shape index (κ1) is 13.8. The second-order valence-electron chi connectivity index (χ2n) is 5.80. The van der Waals surface area contributed by atoms with Crippen molar-refractivity contribution in [1.29, 1.82) is 0 Å². The van der Waals surface area contributed by atoms with E-state index in [1.807, 2.05) is 7.05 Å². The van der Waals surface area contributed by atoms with Crippen molar-refractivity contribution >= 4 is 5.91 Å². The van der Waals surface area contributed by atoms with E-state index in [1.54, 1.807) is 0 Å². The van der Waals surface area contributed by atoms with Crippen LogP contribution in [-0.2, 0) is 9.53 Å². The number of nitrogens with one attached hydrogen (secondary N) is 1. The van der Waals surface area contributed by atoms with Gasteiger partial charge in [0.1, 0.15) is 0 Å². The van der Waals surface area contributed by atoms with Crippen molar-refractivity contribution in [2.24, 2.45) is 17.8 Å². The molecule has 3 atom stereocenters. The Morgan fingerprint density at radius 2 is 2.28 bits per heavy atom. The maximum absolute atomic E-state index is 12.6. The van der Waals surface area contributed by atoms with Gasteiger partial charge in [0.15, 0.2) is 0 Å². The number of rotatable bonds is 3. The van der Waals surface area contributed by atoms with Gasteiger partial charge in [0.2, 0.25) is 5.91 Å². The molecule has 0 aliphatic carbocycles. The molecule has 2 rings (SSSR count). The second kappa shape index (κ2) is 6.53. The van der Waals surface area contributed by atoms with Crippen LogP contribution in [0, 0.1) is 17.8 Å². The van der Waals surface area contributed by atoms with E-state index in [4.69, 9.17) is 4.74 Å². The summed E-state index contributed by atoms with van der Waals surface area (Å²) in [6, 6.07) is 0. The highest BCUT2D eigenvalue weighted by Crippen LogP contribution is 2.26. The van der Waals surface area contributed by atoms with Crippen LogP contribution in [0.4, 0.5) is 0 Å². The Morgan fingerprint density at radius 3 is 3.00 bits per heavy atom. The first-order chi connectivity index (χ1) is 8.72. The Hall–Kier alpha value is -0.610. The van der Waals surface area contributed by atoms with Gasteiger partial charge >= 0.3 is 0 Å². The lowest BCUT2D eigenvalue weighted by molar-refractivity contribution is -0.143. The Bertz CT molecular complexity index is 281. The zero-order chi connectivity index (χ0) is 13.0. The summed E-state index contributed by atoms with van der Waals surface area (Å²) in [6.07, 6.45) is 3.29. The highest BCUT2D eigenvalue weighted by molar-refractivity contribution is 5.79. The largest absolute Gasteiger partial charge is 0.381 e. The number of piperidine rings is 1. The van der Waals surface area contributed by atoms with Crippen molar-refractivity contribution in [1.82, 2.24) is 10.2 Å². The zero-order valence-electron chi connectivity index (χ0n) is 11.7. The van der Waals surface area contributed by atoms with Crippen LogP contribution in [-0.4, -0.2) is 50.7 Å². The number of amides is 1. The minimum Gasteiger partial charge on any atom is -0.381 e. The fourth-order valence-corrected chi connectivity index (χ4v) is 3.20. The summed E-state index contributed by atoms with van der Waals surface area (Å²) in [5, 5.41) is 3.23. The number of ether oxygens (including phenoxy) is 1. The van der Waals surface area contributed by atoms with Gasteiger partial charge in [-0.05, 0) is 44.7 Å². The Kier molecular flexibility index (Phi) is 5.01. The van der Waals surface area contributed by atoms with Gasteiger partial charge in [-0.3, -0.25) is 4.79 Å². The molecule has 18 heavy (non-hydrogen) atoms.